The van der Waals surface area contributed by atoms with Crippen LogP contribution in [0.2, 0.25) is 0 Å². The lowest BCUT2D eigenvalue weighted by Gasteiger charge is -2.30. The summed E-state index contributed by atoms with van der Waals surface area (Å²) in [7, 11) is 0. The van der Waals surface area contributed by atoms with Gasteiger partial charge in [-0.1, -0.05) is 44.5 Å². The summed E-state index contributed by atoms with van der Waals surface area (Å²) in [6.07, 6.45) is 5.00. The highest BCUT2D eigenvalue weighted by Crippen LogP contribution is 2.18. The molecule has 0 amide bonds. The summed E-state index contributed by atoms with van der Waals surface area (Å²) in [4.78, 5) is 6.96. The van der Waals surface area contributed by atoms with Gasteiger partial charge in [0, 0.05) is 19.6 Å². The van der Waals surface area contributed by atoms with Crippen LogP contribution in [0.1, 0.15) is 50.7 Å². The molecule has 5 heteroatoms. The number of hydrogen-bond donors (Lipinski definition) is 2. The maximum Gasteiger partial charge on any atom is 0.188 e. The third-order valence-corrected chi connectivity index (χ3v) is 4.44. The molecule has 0 radical (unpaired) electrons. The van der Waals surface area contributed by atoms with E-state index in [4.69, 9.17) is 5.73 Å². The van der Waals surface area contributed by atoms with Gasteiger partial charge in [-0.15, -0.1) is 24.0 Å². The Morgan fingerprint density at radius 3 is 2.67 bits per heavy atom. The molecule has 0 saturated carbocycles. The Morgan fingerprint density at radius 1 is 1.29 bits per heavy atom. The highest BCUT2D eigenvalue weighted by atomic mass is 127. The molecule has 1 heterocycles. The molecule has 136 valence electrons. The molecule has 1 aliphatic heterocycles. The zero-order chi connectivity index (χ0) is 16.5. The molecule has 2 rings (SSSR count). The number of unbranched alkanes of at least 4 members (excludes halogenated alkanes) is 1. The molecule has 1 saturated heterocycles. The van der Waals surface area contributed by atoms with Crippen molar-refractivity contribution in [3.8, 4) is 0 Å². The lowest BCUT2D eigenvalue weighted by atomic mass is 9.99. The van der Waals surface area contributed by atoms with Gasteiger partial charge in [0.25, 0.3) is 0 Å². The van der Waals surface area contributed by atoms with Crippen molar-refractivity contribution >= 4 is 29.9 Å². The smallest absolute Gasteiger partial charge is 0.188 e. The van der Waals surface area contributed by atoms with Gasteiger partial charge >= 0.3 is 0 Å². The number of guanidine groups is 1. The number of nitrogens with one attached hydrogen (secondary N) is 1. The van der Waals surface area contributed by atoms with Crippen molar-refractivity contribution in [2.75, 3.05) is 19.6 Å². The number of hydrogen-bond acceptors (Lipinski definition) is 2. The predicted molar refractivity (Wildman–Crippen MR) is 114 cm³/mol. The first-order valence-corrected chi connectivity index (χ1v) is 9.01. The molecule has 0 spiro atoms. The van der Waals surface area contributed by atoms with Crippen LogP contribution in [-0.2, 0) is 13.1 Å². The molecule has 24 heavy (non-hydrogen) atoms. The van der Waals surface area contributed by atoms with E-state index in [1.54, 1.807) is 0 Å². The summed E-state index contributed by atoms with van der Waals surface area (Å²) in [5.41, 5.74) is 8.46. The fourth-order valence-corrected chi connectivity index (χ4v) is 3.06. The average molecular weight is 444 g/mol. The van der Waals surface area contributed by atoms with Crippen LogP contribution in [0.15, 0.2) is 29.3 Å². The van der Waals surface area contributed by atoms with Crippen molar-refractivity contribution in [1.29, 1.82) is 0 Å². The number of nitrogens with zero attached hydrogens (tertiary/aromatic N) is 2. The third-order valence-electron chi connectivity index (χ3n) is 4.44. The summed E-state index contributed by atoms with van der Waals surface area (Å²) in [5.74, 6) is 1.38. The monoisotopic (exact) mass is 444 g/mol. The van der Waals surface area contributed by atoms with Crippen molar-refractivity contribution in [3.63, 3.8) is 0 Å². The van der Waals surface area contributed by atoms with Gasteiger partial charge in [0.2, 0.25) is 0 Å². The second-order valence-corrected chi connectivity index (χ2v) is 6.78. The summed E-state index contributed by atoms with van der Waals surface area (Å²) in [6.45, 7) is 9.59. The molecule has 1 aliphatic rings. The molecular weight excluding hydrogens is 411 g/mol. The van der Waals surface area contributed by atoms with Crippen LogP contribution < -0.4 is 11.1 Å². The number of likely N-dealkylation sites (tertiary alicyclic amines) is 1. The molecule has 0 bridgehead atoms. The molecule has 1 aromatic rings. The second-order valence-electron chi connectivity index (χ2n) is 6.78. The Morgan fingerprint density at radius 2 is 2.00 bits per heavy atom. The van der Waals surface area contributed by atoms with Crippen molar-refractivity contribution in [2.45, 2.75) is 52.6 Å². The standard InChI is InChI=1S/C19H32N4.HI/c1-3-4-11-21-19(20)22-13-17-7-9-18(10-8-17)15-23-12-5-6-16(2)14-23;/h7-10,16H,3-6,11-15H2,1-2H3,(H3,20,21,22);1H. The molecule has 3 N–H and O–H groups in total. The summed E-state index contributed by atoms with van der Waals surface area (Å²) in [5, 5.41) is 3.14. The molecule has 1 atom stereocenters. The number of halogens is 1. The largest absolute Gasteiger partial charge is 0.370 e. The first-order chi connectivity index (χ1) is 11.2. The molecule has 1 aromatic carbocycles. The number of aliphatic imine (C=N–C) groups is 1. The van der Waals surface area contributed by atoms with Crippen LogP contribution in [0.3, 0.4) is 0 Å². The van der Waals surface area contributed by atoms with E-state index in [9.17, 15) is 0 Å². The summed E-state index contributed by atoms with van der Waals surface area (Å²) in [6, 6.07) is 8.80. The van der Waals surface area contributed by atoms with Gasteiger partial charge < -0.3 is 11.1 Å². The summed E-state index contributed by atoms with van der Waals surface area (Å²) < 4.78 is 0. The van der Waals surface area contributed by atoms with E-state index in [0.29, 0.717) is 12.5 Å². The van der Waals surface area contributed by atoms with E-state index < -0.39 is 0 Å². The minimum Gasteiger partial charge on any atom is -0.370 e. The number of benzene rings is 1. The fourth-order valence-electron chi connectivity index (χ4n) is 3.06. The van der Waals surface area contributed by atoms with E-state index in [1.165, 1.54) is 37.1 Å². The van der Waals surface area contributed by atoms with E-state index in [2.05, 4.69) is 53.3 Å². The second kappa shape index (κ2) is 11.7. The number of nitrogens with two attached hydrogens (primary N) is 1. The molecule has 0 aliphatic carbocycles. The average Bonchev–Trinajstić information content (AvgIpc) is 2.54. The first-order valence-electron chi connectivity index (χ1n) is 9.01. The minimum absolute atomic E-state index is 0. The van der Waals surface area contributed by atoms with Gasteiger partial charge in [0.15, 0.2) is 5.96 Å². The van der Waals surface area contributed by atoms with Gasteiger partial charge in [-0.25, -0.2) is 4.99 Å². The van der Waals surface area contributed by atoms with Crippen molar-refractivity contribution in [3.05, 3.63) is 35.4 Å². The Labute approximate surface area is 164 Å². The van der Waals surface area contributed by atoms with Crippen LogP contribution in [0.4, 0.5) is 0 Å². The van der Waals surface area contributed by atoms with Gasteiger partial charge in [-0.2, -0.15) is 0 Å². The highest BCUT2D eigenvalue weighted by molar-refractivity contribution is 14.0. The molecule has 0 aromatic heterocycles. The lowest BCUT2D eigenvalue weighted by Crippen LogP contribution is -2.33. The van der Waals surface area contributed by atoms with Crippen LogP contribution in [0.5, 0.6) is 0 Å². The Bertz CT molecular complexity index is 487. The van der Waals surface area contributed by atoms with Crippen molar-refractivity contribution < 1.29 is 0 Å². The normalized spacial score (nSPS) is 18.9. The van der Waals surface area contributed by atoms with Gasteiger partial charge in [-0.05, 0) is 42.9 Å². The van der Waals surface area contributed by atoms with Crippen LogP contribution in [0, 0.1) is 5.92 Å². The first kappa shape index (κ1) is 21.2. The van der Waals surface area contributed by atoms with E-state index in [0.717, 1.165) is 31.8 Å². The SMILES string of the molecule is CCCCNC(N)=NCc1ccc(CN2CCCC(C)C2)cc1.I. The minimum atomic E-state index is 0. The predicted octanol–water partition coefficient (Wildman–Crippen LogP) is 3.74. The number of rotatable bonds is 7. The summed E-state index contributed by atoms with van der Waals surface area (Å²) >= 11 is 0. The topological polar surface area (TPSA) is 53.6 Å². The fraction of sp³-hybridized carbons (Fsp3) is 0.632. The lowest BCUT2D eigenvalue weighted by molar-refractivity contribution is 0.176. The highest BCUT2D eigenvalue weighted by Gasteiger charge is 2.15. The molecule has 4 nitrogen and oxygen atoms in total. The van der Waals surface area contributed by atoms with Crippen molar-refractivity contribution in [1.82, 2.24) is 10.2 Å². The third kappa shape index (κ3) is 7.83. The Balaban J connectivity index is 0.00000288. The molecule has 1 unspecified atom stereocenters. The maximum atomic E-state index is 5.86. The Hall–Kier alpha value is -0.820. The van der Waals surface area contributed by atoms with Crippen molar-refractivity contribution in [2.24, 2.45) is 16.6 Å². The van der Waals surface area contributed by atoms with Gasteiger partial charge in [-0.3, -0.25) is 4.90 Å². The van der Waals surface area contributed by atoms with Gasteiger partial charge in [0.1, 0.15) is 0 Å². The Kier molecular flexibility index (Phi) is 10.3. The van der Waals surface area contributed by atoms with E-state index in [1.807, 2.05) is 0 Å². The quantitative estimate of drug-likeness (QED) is 0.292. The zero-order valence-corrected chi connectivity index (χ0v) is 17.5. The number of piperidine rings is 1. The molecular formula is C19H33IN4. The van der Waals surface area contributed by atoms with Crippen LogP contribution in [0.25, 0.3) is 0 Å². The zero-order valence-electron chi connectivity index (χ0n) is 15.1. The van der Waals surface area contributed by atoms with Crippen LogP contribution >= 0.6 is 24.0 Å². The van der Waals surface area contributed by atoms with Gasteiger partial charge in [0.05, 0.1) is 6.54 Å². The van der Waals surface area contributed by atoms with E-state index >= 15 is 0 Å². The van der Waals surface area contributed by atoms with E-state index in [-0.39, 0.29) is 24.0 Å². The molecule has 1 fully saturated rings. The van der Waals surface area contributed by atoms with Crippen LogP contribution in [-0.4, -0.2) is 30.5 Å². The maximum absolute atomic E-state index is 5.86.